The zero-order valence-electron chi connectivity index (χ0n) is 5.39. The lowest BCUT2D eigenvalue weighted by Crippen LogP contribution is -1.68. The van der Waals surface area contributed by atoms with Crippen molar-refractivity contribution in [2.24, 2.45) is 0 Å². The van der Waals surface area contributed by atoms with Gasteiger partial charge in [-0.25, -0.2) is 0 Å². The number of hydrogen-bond acceptors (Lipinski definition) is 2. The summed E-state index contributed by atoms with van der Waals surface area (Å²) in [5, 5.41) is 0. The predicted octanol–water partition coefficient (Wildman–Crippen LogP) is 1.35. The molecule has 0 aromatic carbocycles. The fourth-order valence-electron chi connectivity index (χ4n) is 0.623. The molecule has 1 radical (unpaired) electrons. The quantitative estimate of drug-likeness (QED) is 0.564. The lowest BCUT2D eigenvalue weighted by atomic mass is 10.3. The van der Waals surface area contributed by atoms with Gasteiger partial charge in [0, 0.05) is 0 Å². The van der Waals surface area contributed by atoms with Gasteiger partial charge in [-0.2, -0.15) is 0 Å². The van der Waals surface area contributed by atoms with Crippen molar-refractivity contribution >= 4 is 6.29 Å². The zero-order chi connectivity index (χ0) is 6.85. The van der Waals surface area contributed by atoms with Gasteiger partial charge in [-0.05, 0) is 25.5 Å². The highest BCUT2D eigenvalue weighted by Gasteiger charge is 2.00. The Morgan fingerprint density at radius 2 is 2.22 bits per heavy atom. The third kappa shape index (κ3) is 1.02. The summed E-state index contributed by atoms with van der Waals surface area (Å²) in [6.45, 7) is 3.70. The van der Waals surface area contributed by atoms with Crippen molar-refractivity contribution in [1.82, 2.24) is 0 Å². The van der Waals surface area contributed by atoms with Crippen LogP contribution < -0.4 is 0 Å². The van der Waals surface area contributed by atoms with Crippen LogP contribution in [0.25, 0.3) is 0 Å². The summed E-state index contributed by atoms with van der Waals surface area (Å²) >= 11 is 0. The summed E-state index contributed by atoms with van der Waals surface area (Å²) in [7, 11) is 0. The maximum Gasteiger partial charge on any atom is 0.271 e. The van der Waals surface area contributed by atoms with Crippen molar-refractivity contribution in [2.45, 2.75) is 13.8 Å². The van der Waals surface area contributed by atoms with Crippen LogP contribution in [0.2, 0.25) is 0 Å². The van der Waals surface area contributed by atoms with Crippen LogP contribution in [-0.2, 0) is 4.79 Å². The second-order valence-electron chi connectivity index (χ2n) is 1.95. The number of rotatable bonds is 1. The molecule has 0 N–H and O–H groups in total. The number of aryl methyl sites for hydroxylation is 2. The lowest BCUT2D eigenvalue weighted by molar-refractivity contribution is 0.499. The molecule has 1 rings (SSSR count). The Bertz CT molecular complexity index is 203. The smallest absolute Gasteiger partial charge is 0.271 e. The molecule has 47 valence electrons. The summed E-state index contributed by atoms with van der Waals surface area (Å²) in [4.78, 5) is 9.95. The molecule has 0 spiro atoms. The zero-order valence-corrected chi connectivity index (χ0v) is 5.39. The average Bonchev–Trinajstić information content (AvgIpc) is 2.13. The van der Waals surface area contributed by atoms with Crippen molar-refractivity contribution in [3.63, 3.8) is 0 Å². The number of furan rings is 1. The molecule has 0 aliphatic carbocycles. The molecule has 0 fully saturated rings. The molecule has 1 heterocycles. The first-order chi connectivity index (χ1) is 4.24. The SMILES string of the molecule is Cc1cc([C]=O)oc1C. The second kappa shape index (κ2) is 2.05. The minimum Gasteiger partial charge on any atom is -0.457 e. The Morgan fingerprint density at radius 3 is 2.44 bits per heavy atom. The van der Waals surface area contributed by atoms with Gasteiger partial charge in [0.25, 0.3) is 6.29 Å². The van der Waals surface area contributed by atoms with Gasteiger partial charge in [-0.3, -0.25) is 4.79 Å². The summed E-state index contributed by atoms with van der Waals surface area (Å²) in [5.41, 5.74) is 0.994. The molecule has 0 bridgehead atoms. The Morgan fingerprint density at radius 1 is 1.56 bits per heavy atom. The van der Waals surface area contributed by atoms with Crippen LogP contribution in [0.1, 0.15) is 17.1 Å². The van der Waals surface area contributed by atoms with E-state index in [9.17, 15) is 4.79 Å². The fraction of sp³-hybridized carbons (Fsp3) is 0.286. The van der Waals surface area contributed by atoms with Gasteiger partial charge in [-0.15, -0.1) is 0 Å². The Labute approximate surface area is 53.5 Å². The maximum atomic E-state index is 9.95. The first-order valence-corrected chi connectivity index (χ1v) is 2.69. The van der Waals surface area contributed by atoms with Crippen LogP contribution >= 0.6 is 0 Å². The maximum absolute atomic E-state index is 9.95. The largest absolute Gasteiger partial charge is 0.457 e. The van der Waals surface area contributed by atoms with Crippen molar-refractivity contribution in [1.29, 1.82) is 0 Å². The Balaban J connectivity index is 3.11. The van der Waals surface area contributed by atoms with Crippen LogP contribution in [0.15, 0.2) is 10.5 Å². The molecular formula is C7H7O2. The predicted molar refractivity (Wildman–Crippen MR) is 33.0 cm³/mol. The molecule has 0 aliphatic rings. The number of hydrogen-bond donors (Lipinski definition) is 0. The molecule has 2 nitrogen and oxygen atoms in total. The minimum atomic E-state index is 0.282. The van der Waals surface area contributed by atoms with E-state index in [2.05, 4.69) is 0 Å². The van der Waals surface area contributed by atoms with Crippen molar-refractivity contribution in [3.05, 3.63) is 23.2 Å². The van der Waals surface area contributed by atoms with Gasteiger partial charge < -0.3 is 4.42 Å². The molecule has 1 aromatic heterocycles. The highest BCUT2D eigenvalue weighted by Crippen LogP contribution is 2.10. The van der Waals surface area contributed by atoms with E-state index in [4.69, 9.17) is 4.42 Å². The van der Waals surface area contributed by atoms with E-state index < -0.39 is 0 Å². The van der Waals surface area contributed by atoms with Gasteiger partial charge in [-0.1, -0.05) is 0 Å². The van der Waals surface area contributed by atoms with Crippen molar-refractivity contribution in [2.75, 3.05) is 0 Å². The molecule has 0 saturated heterocycles. The third-order valence-corrected chi connectivity index (χ3v) is 1.27. The lowest BCUT2D eigenvalue weighted by Gasteiger charge is -1.79. The van der Waals surface area contributed by atoms with E-state index >= 15 is 0 Å². The summed E-state index contributed by atoms with van der Waals surface area (Å²) in [5.74, 6) is 1.07. The topological polar surface area (TPSA) is 30.2 Å². The van der Waals surface area contributed by atoms with Crippen LogP contribution in [0.5, 0.6) is 0 Å². The molecule has 1 aromatic rings. The van der Waals surface area contributed by atoms with Gasteiger partial charge in [0.15, 0.2) is 5.76 Å². The second-order valence-corrected chi connectivity index (χ2v) is 1.95. The normalized spacial score (nSPS) is 9.56. The molecule has 0 aliphatic heterocycles. The first kappa shape index (κ1) is 6.08. The van der Waals surface area contributed by atoms with Gasteiger partial charge >= 0.3 is 0 Å². The van der Waals surface area contributed by atoms with Crippen LogP contribution in [-0.4, -0.2) is 6.29 Å². The van der Waals surface area contributed by atoms with E-state index in [-0.39, 0.29) is 5.76 Å². The molecule has 0 amide bonds. The Kier molecular flexibility index (Phi) is 1.39. The molecule has 0 unspecified atom stereocenters. The summed E-state index contributed by atoms with van der Waals surface area (Å²) in [6.07, 6.45) is 1.67. The molecule has 0 saturated carbocycles. The summed E-state index contributed by atoms with van der Waals surface area (Å²) in [6, 6.07) is 1.67. The van der Waals surface area contributed by atoms with E-state index in [0.29, 0.717) is 0 Å². The van der Waals surface area contributed by atoms with E-state index in [1.807, 2.05) is 13.8 Å². The van der Waals surface area contributed by atoms with Crippen molar-refractivity contribution in [3.8, 4) is 0 Å². The van der Waals surface area contributed by atoms with Gasteiger partial charge in [0.2, 0.25) is 0 Å². The minimum absolute atomic E-state index is 0.282. The van der Waals surface area contributed by atoms with Crippen LogP contribution in [0, 0.1) is 13.8 Å². The molecular weight excluding hydrogens is 116 g/mol. The number of carbonyl (C=O) groups excluding carboxylic acids is 1. The van der Waals surface area contributed by atoms with Gasteiger partial charge in [0.05, 0.1) is 0 Å². The monoisotopic (exact) mass is 123 g/mol. The highest BCUT2D eigenvalue weighted by atomic mass is 16.3. The molecule has 9 heavy (non-hydrogen) atoms. The standard InChI is InChI=1S/C7H7O2/c1-5-3-7(4-8)9-6(5)2/h3H,1-2H3. The molecule has 0 atom stereocenters. The fourth-order valence-corrected chi connectivity index (χ4v) is 0.623. The van der Waals surface area contributed by atoms with E-state index in [1.54, 1.807) is 12.4 Å². The van der Waals surface area contributed by atoms with Crippen molar-refractivity contribution < 1.29 is 9.21 Å². The van der Waals surface area contributed by atoms with Gasteiger partial charge in [0.1, 0.15) is 5.76 Å². The van der Waals surface area contributed by atoms with E-state index in [0.717, 1.165) is 11.3 Å². The highest BCUT2D eigenvalue weighted by molar-refractivity contribution is 5.71. The third-order valence-electron chi connectivity index (χ3n) is 1.27. The van der Waals surface area contributed by atoms with Crippen LogP contribution in [0.3, 0.4) is 0 Å². The Hall–Kier alpha value is -1.05. The van der Waals surface area contributed by atoms with E-state index in [1.165, 1.54) is 0 Å². The average molecular weight is 123 g/mol. The van der Waals surface area contributed by atoms with Crippen LogP contribution in [0.4, 0.5) is 0 Å². The first-order valence-electron chi connectivity index (χ1n) is 2.69. The summed E-state index contributed by atoms with van der Waals surface area (Å²) < 4.78 is 4.94. The molecule has 2 heteroatoms.